The smallest absolute Gasteiger partial charge is 0.338 e. The summed E-state index contributed by atoms with van der Waals surface area (Å²) in [6.07, 6.45) is -4.39. The van der Waals surface area contributed by atoms with E-state index in [1.165, 1.54) is 0 Å². The molecule has 0 spiro atoms. The van der Waals surface area contributed by atoms with Gasteiger partial charge in [-0.1, -0.05) is 0 Å². The van der Waals surface area contributed by atoms with Crippen LogP contribution in [0.2, 0.25) is 0 Å². The number of hydrogen-bond donors (Lipinski definition) is 2. The van der Waals surface area contributed by atoms with Gasteiger partial charge >= 0.3 is 12.2 Å². The Kier molecular flexibility index (Phi) is 5.29. The lowest BCUT2D eigenvalue weighted by atomic mass is 10.4. The molecule has 4 nitrogen and oxygen atoms in total. The van der Waals surface area contributed by atoms with Crippen molar-refractivity contribution in [1.29, 1.82) is 0 Å². The van der Waals surface area contributed by atoms with Crippen LogP contribution in [-0.4, -0.2) is 43.3 Å². The summed E-state index contributed by atoms with van der Waals surface area (Å²) in [5.41, 5.74) is 5.09. The molecule has 0 fully saturated rings. The molecular weight excluding hydrogens is 199 g/mol. The number of hydrogen-bond acceptors (Lipinski definition) is 2. The van der Waals surface area contributed by atoms with Gasteiger partial charge in [0.2, 0.25) is 0 Å². The third-order valence-electron chi connectivity index (χ3n) is 1.38. The van der Waals surface area contributed by atoms with Crippen LogP contribution in [-0.2, 0) is 0 Å². The highest BCUT2D eigenvalue weighted by atomic mass is 19.4. The second-order valence-corrected chi connectivity index (χ2v) is 2.66. The van der Waals surface area contributed by atoms with Crippen molar-refractivity contribution < 1.29 is 18.0 Å². The van der Waals surface area contributed by atoms with E-state index in [9.17, 15) is 18.0 Å². The van der Waals surface area contributed by atoms with Crippen LogP contribution in [0.15, 0.2) is 0 Å². The minimum Gasteiger partial charge on any atom is -0.338 e. The number of nitrogens with two attached hydrogens (primary N) is 1. The van der Waals surface area contributed by atoms with Crippen LogP contribution in [0.1, 0.15) is 6.92 Å². The van der Waals surface area contributed by atoms with Gasteiger partial charge in [0.25, 0.3) is 0 Å². The van der Waals surface area contributed by atoms with E-state index in [1.54, 1.807) is 6.92 Å². The molecule has 0 heterocycles. The Morgan fingerprint density at radius 2 is 2.07 bits per heavy atom. The molecule has 0 saturated heterocycles. The zero-order valence-electron chi connectivity index (χ0n) is 7.90. The summed E-state index contributed by atoms with van der Waals surface area (Å²) in [5, 5.41) is 2.28. The summed E-state index contributed by atoms with van der Waals surface area (Å²) in [6.45, 7) is 0.554. The number of urea groups is 1. The van der Waals surface area contributed by atoms with Crippen molar-refractivity contribution in [3.63, 3.8) is 0 Å². The van der Waals surface area contributed by atoms with Crippen LogP contribution in [0.3, 0.4) is 0 Å². The first-order valence-electron chi connectivity index (χ1n) is 4.20. The Labute approximate surface area is 80.2 Å². The fourth-order valence-electron chi connectivity index (χ4n) is 0.888. The highest BCUT2D eigenvalue weighted by Crippen LogP contribution is 2.16. The topological polar surface area (TPSA) is 58.4 Å². The number of rotatable bonds is 4. The van der Waals surface area contributed by atoms with E-state index in [0.717, 1.165) is 0 Å². The fraction of sp³-hybridized carbons (Fsp3) is 0.857. The Hall–Kier alpha value is -0.980. The molecule has 14 heavy (non-hydrogen) atoms. The van der Waals surface area contributed by atoms with E-state index in [2.05, 4.69) is 5.32 Å². The van der Waals surface area contributed by atoms with Gasteiger partial charge in [0.15, 0.2) is 0 Å². The Morgan fingerprint density at radius 1 is 1.50 bits per heavy atom. The average molecular weight is 213 g/mol. The molecule has 0 aromatic heterocycles. The fourth-order valence-corrected chi connectivity index (χ4v) is 0.888. The Balaban J connectivity index is 4.21. The van der Waals surface area contributed by atoms with Crippen LogP contribution in [0.5, 0.6) is 0 Å². The zero-order valence-corrected chi connectivity index (χ0v) is 7.90. The molecule has 0 radical (unpaired) electrons. The maximum absolute atomic E-state index is 12.0. The summed E-state index contributed by atoms with van der Waals surface area (Å²) < 4.78 is 35.9. The summed E-state index contributed by atoms with van der Waals surface area (Å²) >= 11 is 0. The minimum atomic E-state index is -4.39. The van der Waals surface area contributed by atoms with Gasteiger partial charge in [-0.05, 0) is 6.92 Å². The normalized spacial score (nSPS) is 11.2. The highest BCUT2D eigenvalue weighted by molar-refractivity contribution is 5.74. The van der Waals surface area contributed by atoms with Crippen molar-refractivity contribution in [2.75, 3.05) is 26.2 Å². The molecule has 0 aliphatic rings. The molecule has 3 N–H and O–H groups in total. The monoisotopic (exact) mass is 213 g/mol. The van der Waals surface area contributed by atoms with Crippen LogP contribution in [0.4, 0.5) is 18.0 Å². The van der Waals surface area contributed by atoms with Crippen molar-refractivity contribution in [3.8, 4) is 0 Å². The van der Waals surface area contributed by atoms with Crippen molar-refractivity contribution in [1.82, 2.24) is 10.2 Å². The molecule has 2 amide bonds. The van der Waals surface area contributed by atoms with E-state index < -0.39 is 18.8 Å². The molecule has 0 aromatic carbocycles. The van der Waals surface area contributed by atoms with Gasteiger partial charge < -0.3 is 16.0 Å². The second kappa shape index (κ2) is 5.69. The molecule has 0 aliphatic heterocycles. The summed E-state index contributed by atoms with van der Waals surface area (Å²) in [5.74, 6) is 0. The molecule has 0 aromatic rings. The van der Waals surface area contributed by atoms with Gasteiger partial charge in [-0.15, -0.1) is 0 Å². The van der Waals surface area contributed by atoms with E-state index in [0.29, 0.717) is 4.90 Å². The maximum Gasteiger partial charge on any atom is 0.406 e. The first kappa shape index (κ1) is 13.0. The number of halogens is 3. The largest absolute Gasteiger partial charge is 0.406 e. The summed E-state index contributed by atoms with van der Waals surface area (Å²) in [4.78, 5) is 11.7. The van der Waals surface area contributed by atoms with Gasteiger partial charge in [0.05, 0.1) is 0 Å². The van der Waals surface area contributed by atoms with Gasteiger partial charge in [-0.2, -0.15) is 13.2 Å². The number of alkyl halides is 3. The highest BCUT2D eigenvalue weighted by Gasteiger charge is 2.32. The van der Waals surface area contributed by atoms with Gasteiger partial charge in [0.1, 0.15) is 6.54 Å². The molecule has 0 bridgehead atoms. The van der Waals surface area contributed by atoms with Gasteiger partial charge in [-0.3, -0.25) is 0 Å². The number of carbonyl (C=O) groups excluding carboxylic acids is 1. The van der Waals surface area contributed by atoms with Crippen LogP contribution in [0, 0.1) is 0 Å². The average Bonchev–Trinajstić information content (AvgIpc) is 2.01. The minimum absolute atomic E-state index is 0.00716. The lowest BCUT2D eigenvalue weighted by Crippen LogP contribution is -2.46. The second-order valence-electron chi connectivity index (χ2n) is 2.66. The standard InChI is InChI=1S/C7H14F3N3O/c1-2-12-6(14)13(4-3-11)5-7(8,9)10/h2-5,11H2,1H3,(H,12,14). The quantitative estimate of drug-likeness (QED) is 0.716. The van der Waals surface area contributed by atoms with E-state index in [1.807, 2.05) is 0 Å². The van der Waals surface area contributed by atoms with E-state index >= 15 is 0 Å². The summed E-state index contributed by atoms with van der Waals surface area (Å²) in [6, 6.07) is -0.740. The molecule has 0 aliphatic carbocycles. The lowest BCUT2D eigenvalue weighted by Gasteiger charge is -2.23. The van der Waals surface area contributed by atoms with Crippen LogP contribution >= 0.6 is 0 Å². The molecule has 84 valence electrons. The number of nitrogens with one attached hydrogen (secondary N) is 1. The molecule has 0 atom stereocenters. The molecule has 0 saturated carbocycles. The number of nitrogens with zero attached hydrogens (tertiary/aromatic N) is 1. The molecular formula is C7H14F3N3O. The van der Waals surface area contributed by atoms with Crippen molar-refractivity contribution in [2.45, 2.75) is 13.1 Å². The van der Waals surface area contributed by atoms with Gasteiger partial charge in [0, 0.05) is 19.6 Å². The lowest BCUT2D eigenvalue weighted by molar-refractivity contribution is -0.139. The first-order chi connectivity index (χ1) is 6.40. The third kappa shape index (κ3) is 5.63. The van der Waals surface area contributed by atoms with E-state index in [4.69, 9.17) is 5.73 Å². The maximum atomic E-state index is 12.0. The van der Waals surface area contributed by atoms with Crippen molar-refractivity contribution in [2.24, 2.45) is 5.73 Å². The third-order valence-corrected chi connectivity index (χ3v) is 1.38. The number of amides is 2. The van der Waals surface area contributed by atoms with Crippen molar-refractivity contribution in [3.05, 3.63) is 0 Å². The number of carbonyl (C=O) groups is 1. The van der Waals surface area contributed by atoms with Crippen LogP contribution < -0.4 is 11.1 Å². The first-order valence-corrected chi connectivity index (χ1v) is 4.20. The predicted octanol–water partition coefficient (Wildman–Crippen LogP) is 0.539. The van der Waals surface area contributed by atoms with E-state index in [-0.39, 0.29) is 19.6 Å². The molecule has 7 heteroatoms. The molecule has 0 rings (SSSR count). The Morgan fingerprint density at radius 3 is 2.43 bits per heavy atom. The molecule has 0 unspecified atom stereocenters. The Bertz CT molecular complexity index is 184. The summed E-state index contributed by atoms with van der Waals surface area (Å²) in [7, 11) is 0. The van der Waals surface area contributed by atoms with Crippen molar-refractivity contribution >= 4 is 6.03 Å². The van der Waals surface area contributed by atoms with Crippen LogP contribution in [0.25, 0.3) is 0 Å². The SMILES string of the molecule is CCNC(=O)N(CCN)CC(F)(F)F. The zero-order chi connectivity index (χ0) is 11.2. The van der Waals surface area contributed by atoms with Gasteiger partial charge in [-0.25, -0.2) is 4.79 Å². The predicted molar refractivity (Wildman–Crippen MR) is 45.8 cm³/mol.